The number of piperazine rings is 1. The summed E-state index contributed by atoms with van der Waals surface area (Å²) in [4.78, 5) is 37.1. The van der Waals surface area contributed by atoms with Crippen molar-refractivity contribution >= 4 is 17.7 Å². The number of carbonyl (C=O) groups is 3. The summed E-state index contributed by atoms with van der Waals surface area (Å²) in [6.07, 6.45) is 3.34. The van der Waals surface area contributed by atoms with Crippen LogP contribution in [0.25, 0.3) is 0 Å². The fraction of sp³-hybridized carbons (Fsp3) is 0.769. The Morgan fingerprint density at radius 3 is 2.74 bits per heavy atom. The van der Waals surface area contributed by atoms with Crippen LogP contribution in [0.15, 0.2) is 0 Å². The van der Waals surface area contributed by atoms with Crippen LogP contribution < -0.4 is 10.6 Å². The lowest BCUT2D eigenvalue weighted by Crippen LogP contribution is -2.63. The molecule has 6 heteroatoms. The molecule has 3 unspecified atom stereocenters. The Morgan fingerprint density at radius 2 is 2.11 bits per heavy atom. The molecule has 6 nitrogen and oxygen atoms in total. The largest absolute Gasteiger partial charge is 0.320 e. The minimum absolute atomic E-state index is 0.0182. The predicted molar refractivity (Wildman–Crippen MR) is 69.2 cm³/mol. The van der Waals surface area contributed by atoms with Gasteiger partial charge in [-0.2, -0.15) is 0 Å². The smallest absolute Gasteiger partial charge is 0.249 e. The fourth-order valence-corrected chi connectivity index (χ4v) is 2.84. The van der Waals surface area contributed by atoms with Crippen LogP contribution in [-0.2, 0) is 14.4 Å². The molecule has 0 aromatic heterocycles. The van der Waals surface area contributed by atoms with Gasteiger partial charge in [-0.05, 0) is 32.6 Å². The molecule has 0 bridgehead atoms. The number of rotatable bonds is 2. The first-order valence-corrected chi connectivity index (χ1v) is 6.93. The summed E-state index contributed by atoms with van der Waals surface area (Å²) < 4.78 is 0. The summed E-state index contributed by atoms with van der Waals surface area (Å²) in [6.45, 7) is 3.87. The Balaban J connectivity index is 2.11. The maximum Gasteiger partial charge on any atom is 0.249 e. The number of hydrogen-bond acceptors (Lipinski definition) is 4. The Hall–Kier alpha value is -1.43. The van der Waals surface area contributed by atoms with E-state index in [4.69, 9.17) is 0 Å². The Bertz CT molecular complexity index is 397. The van der Waals surface area contributed by atoms with Gasteiger partial charge in [-0.3, -0.25) is 19.7 Å². The van der Waals surface area contributed by atoms with Crippen LogP contribution in [0, 0.1) is 0 Å². The molecular weight excluding hydrogens is 246 g/mol. The standard InChI is InChI=1S/C13H21N3O3/c1-3-10-12(18)15-11(17)7-16(10)13(19)9-6-4-5-8(2)14-9/h8-10,14H,3-7H2,1-2H3,(H,15,17,18). The molecule has 0 saturated carbocycles. The lowest BCUT2D eigenvalue weighted by molar-refractivity contribution is -0.151. The average Bonchev–Trinajstić information content (AvgIpc) is 2.37. The molecule has 2 fully saturated rings. The second kappa shape index (κ2) is 5.69. The Labute approximate surface area is 112 Å². The Kier molecular flexibility index (Phi) is 4.19. The number of piperidine rings is 1. The first-order valence-electron chi connectivity index (χ1n) is 6.93. The van der Waals surface area contributed by atoms with Crippen molar-refractivity contribution in [2.75, 3.05) is 6.54 Å². The highest BCUT2D eigenvalue weighted by molar-refractivity contribution is 6.04. The van der Waals surface area contributed by atoms with Gasteiger partial charge in [-0.15, -0.1) is 0 Å². The van der Waals surface area contributed by atoms with E-state index in [1.807, 2.05) is 13.8 Å². The zero-order chi connectivity index (χ0) is 14.0. The van der Waals surface area contributed by atoms with Crippen molar-refractivity contribution in [1.82, 2.24) is 15.5 Å². The predicted octanol–water partition coefficient (Wildman–Crippen LogP) is -0.219. The van der Waals surface area contributed by atoms with Gasteiger partial charge in [-0.1, -0.05) is 6.92 Å². The van der Waals surface area contributed by atoms with Gasteiger partial charge in [0.1, 0.15) is 12.6 Å². The van der Waals surface area contributed by atoms with E-state index in [1.54, 1.807) is 0 Å². The highest BCUT2D eigenvalue weighted by atomic mass is 16.2. The number of amides is 3. The van der Waals surface area contributed by atoms with Gasteiger partial charge in [0.2, 0.25) is 17.7 Å². The first-order chi connectivity index (χ1) is 9.02. The molecule has 2 aliphatic heterocycles. The second-order valence-corrected chi connectivity index (χ2v) is 5.35. The molecule has 2 aliphatic rings. The summed E-state index contributed by atoms with van der Waals surface area (Å²) in [6, 6.07) is -0.488. The van der Waals surface area contributed by atoms with E-state index in [2.05, 4.69) is 10.6 Å². The van der Waals surface area contributed by atoms with Crippen LogP contribution in [0.5, 0.6) is 0 Å². The molecule has 2 N–H and O–H groups in total. The van der Waals surface area contributed by atoms with E-state index in [0.29, 0.717) is 12.5 Å². The van der Waals surface area contributed by atoms with Crippen molar-refractivity contribution in [2.24, 2.45) is 0 Å². The monoisotopic (exact) mass is 267 g/mol. The van der Waals surface area contributed by atoms with Gasteiger partial charge < -0.3 is 10.2 Å². The molecule has 0 radical (unpaired) electrons. The van der Waals surface area contributed by atoms with Gasteiger partial charge in [0.25, 0.3) is 0 Å². The van der Waals surface area contributed by atoms with Crippen LogP contribution in [-0.4, -0.2) is 47.3 Å². The third-order valence-electron chi connectivity index (χ3n) is 3.84. The lowest BCUT2D eigenvalue weighted by atomic mass is 9.97. The normalized spacial score (nSPS) is 32.1. The molecule has 0 spiro atoms. The van der Waals surface area contributed by atoms with E-state index in [-0.39, 0.29) is 24.4 Å². The van der Waals surface area contributed by atoms with Crippen LogP contribution in [0.4, 0.5) is 0 Å². The third-order valence-corrected chi connectivity index (χ3v) is 3.84. The van der Waals surface area contributed by atoms with Crippen LogP contribution in [0.1, 0.15) is 39.5 Å². The molecule has 0 aromatic rings. The van der Waals surface area contributed by atoms with Gasteiger partial charge in [0, 0.05) is 6.04 Å². The van der Waals surface area contributed by atoms with Gasteiger partial charge in [0.15, 0.2) is 0 Å². The van der Waals surface area contributed by atoms with Crippen LogP contribution in [0.2, 0.25) is 0 Å². The van der Waals surface area contributed by atoms with Crippen molar-refractivity contribution in [3.05, 3.63) is 0 Å². The molecule has 3 atom stereocenters. The quantitative estimate of drug-likeness (QED) is 0.678. The van der Waals surface area contributed by atoms with E-state index in [0.717, 1.165) is 19.3 Å². The van der Waals surface area contributed by atoms with Gasteiger partial charge in [-0.25, -0.2) is 0 Å². The lowest BCUT2D eigenvalue weighted by Gasteiger charge is -2.38. The molecule has 2 rings (SSSR count). The van der Waals surface area contributed by atoms with Crippen molar-refractivity contribution in [3.63, 3.8) is 0 Å². The number of nitrogens with one attached hydrogen (secondary N) is 2. The average molecular weight is 267 g/mol. The zero-order valence-corrected chi connectivity index (χ0v) is 11.4. The topological polar surface area (TPSA) is 78.5 Å². The number of carbonyl (C=O) groups excluding carboxylic acids is 3. The maximum atomic E-state index is 12.5. The number of nitrogens with zero attached hydrogens (tertiary/aromatic N) is 1. The number of hydrogen-bond donors (Lipinski definition) is 2. The molecule has 0 aliphatic carbocycles. The minimum Gasteiger partial charge on any atom is -0.320 e. The van der Waals surface area contributed by atoms with Gasteiger partial charge >= 0.3 is 0 Å². The Morgan fingerprint density at radius 1 is 1.37 bits per heavy atom. The highest BCUT2D eigenvalue weighted by Crippen LogP contribution is 2.17. The molecule has 2 heterocycles. The second-order valence-electron chi connectivity index (χ2n) is 5.35. The van der Waals surface area contributed by atoms with Crippen molar-refractivity contribution in [2.45, 2.75) is 57.7 Å². The molecule has 2 saturated heterocycles. The highest BCUT2D eigenvalue weighted by Gasteiger charge is 2.38. The van der Waals surface area contributed by atoms with E-state index < -0.39 is 11.9 Å². The van der Waals surface area contributed by atoms with E-state index in [1.165, 1.54) is 4.90 Å². The van der Waals surface area contributed by atoms with E-state index >= 15 is 0 Å². The zero-order valence-electron chi connectivity index (χ0n) is 11.4. The summed E-state index contributed by atoms with van der Waals surface area (Å²) in [5.74, 6) is -0.885. The summed E-state index contributed by atoms with van der Waals surface area (Å²) >= 11 is 0. The SMILES string of the molecule is CCC1C(=O)NC(=O)CN1C(=O)C1CCCC(C)N1. The van der Waals surface area contributed by atoms with Crippen molar-refractivity contribution in [1.29, 1.82) is 0 Å². The minimum atomic E-state index is -0.524. The molecule has 3 amide bonds. The van der Waals surface area contributed by atoms with Crippen LogP contribution >= 0.6 is 0 Å². The molecule has 106 valence electrons. The maximum absolute atomic E-state index is 12.5. The van der Waals surface area contributed by atoms with Gasteiger partial charge in [0.05, 0.1) is 6.04 Å². The molecule has 19 heavy (non-hydrogen) atoms. The third kappa shape index (κ3) is 2.94. The van der Waals surface area contributed by atoms with Crippen molar-refractivity contribution in [3.8, 4) is 0 Å². The molecule has 0 aromatic carbocycles. The summed E-state index contributed by atoms with van der Waals surface area (Å²) in [5, 5.41) is 5.54. The number of imide groups is 1. The van der Waals surface area contributed by atoms with E-state index in [9.17, 15) is 14.4 Å². The summed E-state index contributed by atoms with van der Waals surface area (Å²) in [5.41, 5.74) is 0. The first kappa shape index (κ1) is 14.0. The molecular formula is C13H21N3O3. The summed E-state index contributed by atoms with van der Waals surface area (Å²) in [7, 11) is 0. The fourth-order valence-electron chi connectivity index (χ4n) is 2.84. The van der Waals surface area contributed by atoms with Crippen LogP contribution in [0.3, 0.4) is 0 Å². The van der Waals surface area contributed by atoms with Crippen molar-refractivity contribution < 1.29 is 14.4 Å².